The van der Waals surface area contributed by atoms with Gasteiger partial charge in [0.2, 0.25) is 5.60 Å². The zero-order valence-corrected chi connectivity index (χ0v) is 19.6. The van der Waals surface area contributed by atoms with Crippen LogP contribution in [0.25, 0.3) is 6.08 Å². The normalized spacial score (nSPS) is 25.3. The minimum atomic E-state index is -1.73. The SMILES string of the molecule is O=C(O[C@H]1C[N+]2(CC=Cc3ccccc3)CCC1CC2)C(O)(c1cccs1)c1cccs1. The first kappa shape index (κ1) is 21.6. The van der Waals surface area contributed by atoms with Crippen LogP contribution in [0, 0.1) is 5.92 Å². The van der Waals surface area contributed by atoms with Crippen molar-refractivity contribution in [1.82, 2.24) is 0 Å². The smallest absolute Gasteiger partial charge is 0.349 e. The molecule has 1 aromatic carbocycles. The van der Waals surface area contributed by atoms with Crippen LogP contribution < -0.4 is 0 Å². The molecule has 0 aliphatic carbocycles. The third-order valence-electron chi connectivity index (χ3n) is 6.95. The molecule has 32 heavy (non-hydrogen) atoms. The predicted octanol–water partition coefficient (Wildman–Crippen LogP) is 4.91. The lowest BCUT2D eigenvalue weighted by Gasteiger charge is -2.51. The van der Waals surface area contributed by atoms with Gasteiger partial charge in [-0.05, 0) is 34.5 Å². The van der Waals surface area contributed by atoms with E-state index in [-0.39, 0.29) is 6.10 Å². The van der Waals surface area contributed by atoms with Crippen LogP contribution in [0.3, 0.4) is 0 Å². The van der Waals surface area contributed by atoms with Crippen molar-refractivity contribution in [3.8, 4) is 0 Å². The number of ether oxygens (including phenoxy) is 1. The molecule has 0 amide bonds. The van der Waals surface area contributed by atoms with E-state index in [0.29, 0.717) is 15.7 Å². The summed E-state index contributed by atoms with van der Waals surface area (Å²) in [6.45, 7) is 4.01. The first-order valence-corrected chi connectivity index (χ1v) is 12.9. The Bertz CT molecular complexity index is 1020. The summed E-state index contributed by atoms with van der Waals surface area (Å²) >= 11 is 2.77. The van der Waals surface area contributed by atoms with Crippen molar-refractivity contribution in [2.24, 2.45) is 5.92 Å². The van der Waals surface area contributed by atoms with Crippen LogP contribution in [0.15, 0.2) is 71.4 Å². The molecule has 5 heterocycles. The fraction of sp³-hybridized carbons (Fsp3) is 0.346. The average molecular weight is 467 g/mol. The molecule has 2 aromatic heterocycles. The summed E-state index contributed by atoms with van der Waals surface area (Å²) in [5.74, 6) is -0.160. The maximum atomic E-state index is 13.4. The lowest BCUT2D eigenvalue weighted by atomic mass is 9.83. The van der Waals surface area contributed by atoms with Gasteiger partial charge in [0.15, 0.2) is 6.10 Å². The van der Waals surface area contributed by atoms with E-state index in [1.54, 1.807) is 0 Å². The van der Waals surface area contributed by atoms with E-state index in [2.05, 4.69) is 36.4 Å². The summed E-state index contributed by atoms with van der Waals surface area (Å²) < 4.78 is 7.06. The first-order chi connectivity index (χ1) is 15.6. The van der Waals surface area contributed by atoms with Crippen LogP contribution in [0.4, 0.5) is 0 Å². The predicted molar refractivity (Wildman–Crippen MR) is 129 cm³/mol. The largest absolute Gasteiger partial charge is 0.453 e. The monoisotopic (exact) mass is 466 g/mol. The van der Waals surface area contributed by atoms with E-state index in [1.807, 2.05) is 41.1 Å². The van der Waals surface area contributed by atoms with E-state index in [4.69, 9.17) is 4.74 Å². The van der Waals surface area contributed by atoms with E-state index in [1.165, 1.54) is 28.2 Å². The van der Waals surface area contributed by atoms with Crippen LogP contribution in [0.1, 0.15) is 28.2 Å². The summed E-state index contributed by atoms with van der Waals surface area (Å²) in [7, 11) is 0. The maximum Gasteiger partial charge on any atom is 0.349 e. The van der Waals surface area contributed by atoms with Crippen LogP contribution in [0.2, 0.25) is 0 Å². The number of hydrogen-bond donors (Lipinski definition) is 1. The Morgan fingerprint density at radius 2 is 1.69 bits per heavy atom. The Morgan fingerprint density at radius 3 is 2.28 bits per heavy atom. The Balaban J connectivity index is 1.32. The van der Waals surface area contributed by atoms with Gasteiger partial charge >= 0.3 is 5.97 Å². The maximum absolute atomic E-state index is 13.4. The Morgan fingerprint density at radius 1 is 1.03 bits per heavy atom. The number of benzene rings is 1. The molecule has 3 aliphatic heterocycles. The Hall–Kier alpha value is -2.25. The molecule has 6 rings (SSSR count). The van der Waals surface area contributed by atoms with Gasteiger partial charge in [0.05, 0.1) is 29.4 Å². The molecule has 3 aliphatic rings. The van der Waals surface area contributed by atoms with Crippen LogP contribution >= 0.6 is 22.7 Å². The number of aliphatic hydroxyl groups is 1. The van der Waals surface area contributed by atoms with Crippen molar-refractivity contribution >= 4 is 34.7 Å². The minimum Gasteiger partial charge on any atom is -0.453 e. The van der Waals surface area contributed by atoms with Gasteiger partial charge in [0, 0.05) is 18.8 Å². The van der Waals surface area contributed by atoms with Gasteiger partial charge in [-0.2, -0.15) is 0 Å². The highest BCUT2D eigenvalue weighted by Gasteiger charge is 2.50. The second-order valence-electron chi connectivity index (χ2n) is 8.91. The molecular weight excluding hydrogens is 438 g/mol. The second kappa shape index (κ2) is 8.94. The quantitative estimate of drug-likeness (QED) is 0.398. The standard InChI is InChI=1S/C26H28NO3S2/c28-25(26(29,23-10-5-17-31-23)24-11-6-18-32-24)30-22-19-27(15-12-21(22)13-16-27)14-4-9-20-7-2-1-3-8-20/h1-11,17-18,21-22,29H,12-16,19H2/q+1/t21?,22-,27?/m0/s1. The van der Waals surface area contributed by atoms with Crippen molar-refractivity contribution in [2.45, 2.75) is 24.5 Å². The zero-order valence-electron chi connectivity index (χ0n) is 17.9. The highest BCUT2D eigenvalue weighted by Crippen LogP contribution is 2.40. The molecule has 6 heteroatoms. The van der Waals surface area contributed by atoms with E-state index < -0.39 is 11.6 Å². The van der Waals surface area contributed by atoms with Gasteiger partial charge in [-0.25, -0.2) is 4.79 Å². The molecule has 3 fully saturated rings. The molecule has 166 valence electrons. The van der Waals surface area contributed by atoms with E-state index in [9.17, 15) is 9.90 Å². The van der Waals surface area contributed by atoms with Crippen molar-refractivity contribution in [3.63, 3.8) is 0 Å². The number of piperidine rings is 3. The van der Waals surface area contributed by atoms with Gasteiger partial charge < -0.3 is 14.3 Å². The number of carbonyl (C=O) groups is 1. The number of rotatable bonds is 7. The van der Waals surface area contributed by atoms with Gasteiger partial charge in [0.25, 0.3) is 0 Å². The number of carbonyl (C=O) groups excluding carboxylic acids is 1. The molecule has 0 saturated carbocycles. The number of esters is 1. The van der Waals surface area contributed by atoms with Gasteiger partial charge in [-0.1, -0.05) is 48.5 Å². The summed E-state index contributed by atoms with van der Waals surface area (Å²) in [5.41, 5.74) is -0.524. The number of thiophene rings is 2. The first-order valence-electron chi connectivity index (χ1n) is 11.2. The Labute approximate surface area is 197 Å². The molecule has 3 saturated heterocycles. The molecular formula is C26H28NO3S2+. The fourth-order valence-corrected chi connectivity index (χ4v) is 6.82. The highest BCUT2D eigenvalue weighted by molar-refractivity contribution is 7.12. The van der Waals surface area contributed by atoms with Crippen molar-refractivity contribution < 1.29 is 19.1 Å². The third kappa shape index (κ3) is 4.08. The van der Waals surface area contributed by atoms with Crippen LogP contribution in [0.5, 0.6) is 0 Å². The highest BCUT2D eigenvalue weighted by atomic mass is 32.1. The van der Waals surface area contributed by atoms with Crippen molar-refractivity contribution in [3.05, 3.63) is 86.8 Å². The lowest BCUT2D eigenvalue weighted by Crippen LogP contribution is -2.64. The molecule has 3 aromatic rings. The molecule has 1 N–H and O–H groups in total. The average Bonchev–Trinajstić information content (AvgIpc) is 3.55. The summed E-state index contributed by atoms with van der Waals surface area (Å²) in [6.07, 6.45) is 6.41. The van der Waals surface area contributed by atoms with E-state index >= 15 is 0 Å². The minimum absolute atomic E-state index is 0.151. The van der Waals surface area contributed by atoms with Crippen LogP contribution in [-0.4, -0.2) is 47.8 Å². The van der Waals surface area contributed by atoms with Gasteiger partial charge in [0.1, 0.15) is 6.54 Å². The molecule has 0 radical (unpaired) electrons. The summed E-state index contributed by atoms with van der Waals surface area (Å²) in [5, 5.41) is 15.3. The second-order valence-corrected chi connectivity index (χ2v) is 10.8. The molecule has 1 atom stereocenters. The molecule has 4 nitrogen and oxygen atoms in total. The molecule has 0 unspecified atom stereocenters. The summed E-state index contributed by atoms with van der Waals surface area (Å²) in [6, 6.07) is 17.7. The number of quaternary nitrogens is 1. The summed E-state index contributed by atoms with van der Waals surface area (Å²) in [4.78, 5) is 14.7. The van der Waals surface area contributed by atoms with Gasteiger partial charge in [-0.15, -0.1) is 22.7 Å². The number of nitrogens with zero attached hydrogens (tertiary/aromatic N) is 1. The molecule has 2 bridgehead atoms. The fourth-order valence-electron chi connectivity index (χ4n) is 5.10. The lowest BCUT2D eigenvalue weighted by molar-refractivity contribution is -0.941. The zero-order chi connectivity index (χ0) is 22.0. The van der Waals surface area contributed by atoms with Crippen LogP contribution in [-0.2, 0) is 15.1 Å². The number of fused-ring (bicyclic) bond motifs is 3. The van der Waals surface area contributed by atoms with Gasteiger partial charge in [-0.3, -0.25) is 0 Å². The topological polar surface area (TPSA) is 46.5 Å². The third-order valence-corrected chi connectivity index (χ3v) is 8.91. The van der Waals surface area contributed by atoms with Crippen molar-refractivity contribution in [2.75, 3.05) is 26.2 Å². The molecule has 0 spiro atoms. The van der Waals surface area contributed by atoms with E-state index in [0.717, 1.165) is 43.5 Å². The van der Waals surface area contributed by atoms with Crippen molar-refractivity contribution in [1.29, 1.82) is 0 Å². The Kier molecular flexibility index (Phi) is 6.03. The number of hydrogen-bond acceptors (Lipinski definition) is 5.